The standard InChI is InChI=1S/C22H20F2N6/c1-14-4-2-7-19(27-14)21-20(16-8-9-30(25)18(11-16)12-23)28-22(29-21)26-13-15-5-3-6-17(24)10-15/h2-12H,13,25H2,1H3,(H2,26,28,29)/b18-12-. The lowest BCUT2D eigenvalue weighted by atomic mass is 10.1. The highest BCUT2D eigenvalue weighted by molar-refractivity contribution is 5.84. The Morgan fingerprint density at radius 3 is 2.80 bits per heavy atom. The molecule has 0 spiro atoms. The van der Waals surface area contributed by atoms with E-state index in [1.54, 1.807) is 24.4 Å². The number of allylic oxidation sites excluding steroid dienone is 3. The summed E-state index contributed by atoms with van der Waals surface area (Å²) in [6.07, 6.45) is 5.34. The average molecular weight is 406 g/mol. The number of nitrogens with two attached hydrogens (primary N) is 1. The molecule has 0 atom stereocenters. The highest BCUT2D eigenvalue weighted by Gasteiger charge is 2.19. The van der Waals surface area contributed by atoms with Crippen molar-refractivity contribution in [2.75, 3.05) is 5.32 Å². The molecular formula is C22H20F2N6. The first kappa shape index (κ1) is 19.5. The number of aryl methyl sites for hydroxylation is 1. The van der Waals surface area contributed by atoms with Gasteiger partial charge in [0, 0.05) is 24.0 Å². The summed E-state index contributed by atoms with van der Waals surface area (Å²) >= 11 is 0. The molecule has 0 saturated carbocycles. The van der Waals surface area contributed by atoms with Gasteiger partial charge in [-0.25, -0.2) is 19.6 Å². The summed E-state index contributed by atoms with van der Waals surface area (Å²) in [6.45, 7) is 2.28. The van der Waals surface area contributed by atoms with E-state index in [9.17, 15) is 8.78 Å². The zero-order valence-corrected chi connectivity index (χ0v) is 16.2. The van der Waals surface area contributed by atoms with E-state index in [2.05, 4.69) is 20.3 Å². The Hall–Kier alpha value is -3.78. The minimum Gasteiger partial charge on any atom is -0.352 e. The molecule has 30 heavy (non-hydrogen) atoms. The largest absolute Gasteiger partial charge is 0.352 e. The van der Waals surface area contributed by atoms with E-state index in [0.717, 1.165) is 11.3 Å². The van der Waals surface area contributed by atoms with Gasteiger partial charge in [-0.2, -0.15) is 0 Å². The molecule has 3 heterocycles. The minimum absolute atomic E-state index is 0.202. The van der Waals surface area contributed by atoms with Crippen molar-refractivity contribution < 1.29 is 8.78 Å². The van der Waals surface area contributed by atoms with Crippen molar-refractivity contribution in [2.24, 2.45) is 5.84 Å². The monoisotopic (exact) mass is 406 g/mol. The molecule has 8 heteroatoms. The highest BCUT2D eigenvalue weighted by atomic mass is 19.1. The zero-order valence-electron chi connectivity index (χ0n) is 16.2. The molecule has 6 nitrogen and oxygen atoms in total. The van der Waals surface area contributed by atoms with E-state index in [-0.39, 0.29) is 11.5 Å². The van der Waals surface area contributed by atoms with E-state index < -0.39 is 0 Å². The molecular weight excluding hydrogens is 386 g/mol. The number of nitrogens with one attached hydrogen (secondary N) is 2. The van der Waals surface area contributed by atoms with Crippen LogP contribution < -0.4 is 11.2 Å². The van der Waals surface area contributed by atoms with Crippen LogP contribution in [0.5, 0.6) is 0 Å². The fourth-order valence-electron chi connectivity index (χ4n) is 3.13. The SMILES string of the molecule is Cc1cccc(-c2[nH]c(NCc3cccc(F)c3)nc2C2=C/C(=C/F)N(N)C=C2)n1. The summed E-state index contributed by atoms with van der Waals surface area (Å²) in [6, 6.07) is 12.0. The fourth-order valence-corrected chi connectivity index (χ4v) is 3.13. The van der Waals surface area contributed by atoms with E-state index in [1.807, 2.05) is 31.2 Å². The molecule has 3 aromatic rings. The van der Waals surface area contributed by atoms with Gasteiger partial charge in [0.05, 0.1) is 17.1 Å². The van der Waals surface area contributed by atoms with E-state index in [0.29, 0.717) is 41.5 Å². The van der Waals surface area contributed by atoms with Crippen LogP contribution in [0.4, 0.5) is 14.7 Å². The minimum atomic E-state index is -0.298. The van der Waals surface area contributed by atoms with Gasteiger partial charge in [-0.1, -0.05) is 18.2 Å². The number of hydrazine groups is 1. The molecule has 0 amide bonds. The quantitative estimate of drug-likeness (QED) is 0.546. The number of nitrogens with zero attached hydrogens (tertiary/aromatic N) is 3. The van der Waals surface area contributed by atoms with Gasteiger partial charge < -0.3 is 10.3 Å². The predicted octanol–water partition coefficient (Wildman–Crippen LogP) is 4.43. The van der Waals surface area contributed by atoms with Crippen LogP contribution in [0.25, 0.3) is 17.0 Å². The number of imidazole rings is 1. The second-order valence-electron chi connectivity index (χ2n) is 6.81. The van der Waals surface area contributed by atoms with Crippen LogP contribution in [0.2, 0.25) is 0 Å². The molecule has 1 aliphatic rings. The number of hydrogen-bond donors (Lipinski definition) is 3. The number of halogens is 2. The van der Waals surface area contributed by atoms with Crippen LogP contribution in [-0.4, -0.2) is 20.0 Å². The third-order valence-electron chi connectivity index (χ3n) is 4.60. The Balaban J connectivity index is 1.71. The summed E-state index contributed by atoms with van der Waals surface area (Å²) in [5.74, 6) is 5.93. The first-order chi connectivity index (χ1) is 14.5. The van der Waals surface area contributed by atoms with Crippen molar-refractivity contribution in [3.8, 4) is 11.4 Å². The fraction of sp³-hybridized carbons (Fsp3) is 0.0909. The van der Waals surface area contributed by atoms with Gasteiger partial charge in [0.2, 0.25) is 5.95 Å². The second kappa shape index (κ2) is 8.30. The summed E-state index contributed by atoms with van der Waals surface area (Å²) in [5.41, 5.74) is 4.49. The van der Waals surface area contributed by atoms with Crippen LogP contribution in [0.1, 0.15) is 17.0 Å². The molecule has 0 aliphatic carbocycles. The number of pyridine rings is 1. The maximum Gasteiger partial charge on any atom is 0.201 e. The van der Waals surface area contributed by atoms with Crippen molar-refractivity contribution in [1.82, 2.24) is 20.0 Å². The Morgan fingerprint density at radius 1 is 1.20 bits per heavy atom. The second-order valence-corrected chi connectivity index (χ2v) is 6.81. The molecule has 1 aromatic carbocycles. The summed E-state index contributed by atoms with van der Waals surface area (Å²) in [5, 5.41) is 4.35. The molecule has 4 N–H and O–H groups in total. The predicted molar refractivity (Wildman–Crippen MR) is 113 cm³/mol. The van der Waals surface area contributed by atoms with Crippen molar-refractivity contribution in [2.45, 2.75) is 13.5 Å². The molecule has 0 bridgehead atoms. The lowest BCUT2D eigenvalue weighted by Gasteiger charge is -2.18. The molecule has 2 aromatic heterocycles. The third kappa shape index (κ3) is 4.13. The number of benzene rings is 1. The van der Waals surface area contributed by atoms with Crippen LogP contribution >= 0.6 is 0 Å². The van der Waals surface area contributed by atoms with Gasteiger partial charge in [-0.05, 0) is 48.9 Å². The number of rotatable bonds is 5. The maximum atomic E-state index is 13.4. The lowest BCUT2D eigenvalue weighted by Crippen LogP contribution is -2.24. The Bertz CT molecular complexity index is 1160. The Kier molecular flexibility index (Phi) is 5.40. The molecule has 0 fully saturated rings. The smallest absolute Gasteiger partial charge is 0.201 e. The summed E-state index contributed by atoms with van der Waals surface area (Å²) in [4.78, 5) is 12.5. The van der Waals surface area contributed by atoms with E-state index >= 15 is 0 Å². The Labute approximate surface area is 172 Å². The van der Waals surface area contributed by atoms with Crippen LogP contribution in [0.15, 0.2) is 72.8 Å². The Morgan fingerprint density at radius 2 is 2.03 bits per heavy atom. The number of anilines is 1. The average Bonchev–Trinajstić information content (AvgIpc) is 3.17. The molecule has 0 radical (unpaired) electrons. The number of H-pyrrole nitrogens is 1. The number of hydrogen-bond acceptors (Lipinski definition) is 5. The normalized spacial score (nSPS) is 14.9. The lowest BCUT2D eigenvalue weighted by molar-refractivity contribution is 0.488. The number of aromatic amines is 1. The van der Waals surface area contributed by atoms with Gasteiger partial charge in [0.15, 0.2) is 0 Å². The molecule has 1 aliphatic heterocycles. The third-order valence-corrected chi connectivity index (χ3v) is 4.60. The molecule has 0 unspecified atom stereocenters. The molecule has 0 saturated heterocycles. The van der Waals surface area contributed by atoms with Crippen molar-refractivity contribution in [1.29, 1.82) is 0 Å². The van der Waals surface area contributed by atoms with Crippen molar-refractivity contribution in [3.05, 3.63) is 95.6 Å². The van der Waals surface area contributed by atoms with Gasteiger partial charge in [0.1, 0.15) is 17.8 Å². The number of aromatic nitrogens is 3. The first-order valence-corrected chi connectivity index (χ1v) is 9.30. The van der Waals surface area contributed by atoms with Crippen LogP contribution in [0.3, 0.4) is 0 Å². The molecule has 4 rings (SSSR count). The van der Waals surface area contributed by atoms with E-state index in [4.69, 9.17) is 5.84 Å². The summed E-state index contributed by atoms with van der Waals surface area (Å²) in [7, 11) is 0. The van der Waals surface area contributed by atoms with Crippen LogP contribution in [0, 0.1) is 12.7 Å². The zero-order chi connectivity index (χ0) is 21.1. The van der Waals surface area contributed by atoms with Gasteiger partial charge in [-0.3, -0.25) is 9.99 Å². The highest BCUT2D eigenvalue weighted by Crippen LogP contribution is 2.31. The van der Waals surface area contributed by atoms with Gasteiger partial charge in [-0.15, -0.1) is 0 Å². The molecule has 152 valence electrons. The van der Waals surface area contributed by atoms with E-state index in [1.165, 1.54) is 17.1 Å². The van der Waals surface area contributed by atoms with Gasteiger partial charge in [0.25, 0.3) is 0 Å². The van der Waals surface area contributed by atoms with Crippen LogP contribution in [-0.2, 0) is 6.54 Å². The summed E-state index contributed by atoms with van der Waals surface area (Å²) < 4.78 is 26.6. The maximum absolute atomic E-state index is 13.4. The van der Waals surface area contributed by atoms with Crippen molar-refractivity contribution >= 4 is 11.5 Å². The topological polar surface area (TPSA) is 82.9 Å². The van der Waals surface area contributed by atoms with Crippen molar-refractivity contribution in [3.63, 3.8) is 0 Å². The van der Waals surface area contributed by atoms with Gasteiger partial charge >= 0.3 is 0 Å². The first-order valence-electron chi connectivity index (χ1n) is 9.30.